The first-order valence-electron chi connectivity index (χ1n) is 5.40. The van der Waals surface area contributed by atoms with Crippen molar-refractivity contribution in [3.05, 3.63) is 33.7 Å². The Morgan fingerprint density at radius 1 is 1.50 bits per heavy atom. The number of aromatic nitrogens is 1. The second-order valence-corrected chi connectivity index (χ2v) is 6.86. The molecule has 0 spiro atoms. The Balaban J connectivity index is 2.27. The third-order valence-corrected chi connectivity index (χ3v) is 4.45. The molecule has 0 saturated heterocycles. The highest BCUT2D eigenvalue weighted by Gasteiger charge is 2.16. The Labute approximate surface area is 125 Å². The van der Waals surface area contributed by atoms with Crippen LogP contribution in [0.25, 0.3) is 0 Å². The average Bonchev–Trinajstić information content (AvgIpc) is 2.81. The van der Waals surface area contributed by atoms with Crippen LogP contribution in [0, 0.1) is 0 Å². The second-order valence-electron chi connectivity index (χ2n) is 3.77. The van der Waals surface area contributed by atoms with Crippen LogP contribution in [0.5, 0.6) is 5.75 Å². The summed E-state index contributed by atoms with van der Waals surface area (Å²) in [6.07, 6.45) is 1.59. The van der Waals surface area contributed by atoms with E-state index >= 15 is 0 Å². The fourth-order valence-electron chi connectivity index (χ4n) is 1.54. The van der Waals surface area contributed by atoms with Crippen LogP contribution in [-0.4, -0.2) is 25.1 Å². The first kappa shape index (κ1) is 15.0. The molecule has 1 heterocycles. The molecule has 2 N–H and O–H groups in total. The van der Waals surface area contributed by atoms with Crippen molar-refractivity contribution in [2.75, 3.05) is 12.4 Å². The normalized spacial score (nSPS) is 11.3. The maximum Gasteiger partial charge on any atom is 0.296 e. The quantitative estimate of drug-likeness (QED) is 0.817. The molecular formula is C11H11ClN2O4S2. The van der Waals surface area contributed by atoms with Crippen molar-refractivity contribution in [3.8, 4) is 5.75 Å². The molecule has 108 valence electrons. The number of nitrogens with one attached hydrogen (secondary N) is 1. The molecule has 1 aromatic heterocycles. The van der Waals surface area contributed by atoms with E-state index in [1.165, 1.54) is 30.6 Å². The number of ether oxygens (including phenoxy) is 1. The standard InChI is InChI=1S/C11H11ClN2O4S2/c1-18-7-2-3-9(10(4-7)20(15,16)17)13-5-8-6-14-11(12)19-8/h2-4,6,13H,5H2,1H3,(H,15,16,17). The number of anilines is 1. The van der Waals surface area contributed by atoms with Gasteiger partial charge >= 0.3 is 0 Å². The molecule has 0 radical (unpaired) electrons. The number of halogens is 1. The second kappa shape index (κ2) is 5.96. The highest BCUT2D eigenvalue weighted by molar-refractivity contribution is 7.86. The highest BCUT2D eigenvalue weighted by Crippen LogP contribution is 2.27. The molecule has 20 heavy (non-hydrogen) atoms. The van der Waals surface area contributed by atoms with E-state index in [4.69, 9.17) is 16.3 Å². The minimum Gasteiger partial charge on any atom is -0.497 e. The van der Waals surface area contributed by atoms with Gasteiger partial charge in [0.25, 0.3) is 10.1 Å². The number of benzene rings is 1. The van der Waals surface area contributed by atoms with Crippen molar-refractivity contribution in [1.29, 1.82) is 0 Å². The molecule has 0 fully saturated rings. The molecule has 0 bridgehead atoms. The summed E-state index contributed by atoms with van der Waals surface area (Å²) < 4.78 is 37.3. The molecule has 6 nitrogen and oxygen atoms in total. The van der Waals surface area contributed by atoms with Crippen LogP contribution in [0.2, 0.25) is 4.47 Å². The van der Waals surface area contributed by atoms with Crippen molar-refractivity contribution < 1.29 is 17.7 Å². The van der Waals surface area contributed by atoms with Gasteiger partial charge in [-0.05, 0) is 12.1 Å². The summed E-state index contributed by atoms with van der Waals surface area (Å²) in [6, 6.07) is 4.36. The monoisotopic (exact) mass is 334 g/mol. The lowest BCUT2D eigenvalue weighted by Gasteiger charge is -2.10. The van der Waals surface area contributed by atoms with Crippen molar-refractivity contribution >= 4 is 38.7 Å². The van der Waals surface area contributed by atoms with Gasteiger partial charge in [-0.1, -0.05) is 11.6 Å². The molecular weight excluding hydrogens is 324 g/mol. The van der Waals surface area contributed by atoms with Crippen molar-refractivity contribution in [3.63, 3.8) is 0 Å². The molecule has 0 atom stereocenters. The van der Waals surface area contributed by atoms with Gasteiger partial charge < -0.3 is 10.1 Å². The summed E-state index contributed by atoms with van der Waals surface area (Å²) in [5.41, 5.74) is 0.276. The minimum absolute atomic E-state index is 0.243. The molecule has 1 aromatic carbocycles. The molecule has 9 heteroatoms. The average molecular weight is 335 g/mol. The number of nitrogens with zero attached hydrogens (tertiary/aromatic N) is 1. The predicted octanol–water partition coefficient (Wildman–Crippen LogP) is 2.66. The van der Waals surface area contributed by atoms with Crippen molar-refractivity contribution in [2.45, 2.75) is 11.4 Å². The Morgan fingerprint density at radius 3 is 2.80 bits per heavy atom. The van der Waals surface area contributed by atoms with Crippen LogP contribution < -0.4 is 10.1 Å². The maximum atomic E-state index is 11.4. The summed E-state index contributed by atoms with van der Waals surface area (Å²) in [6.45, 7) is 0.346. The van der Waals surface area contributed by atoms with Crippen molar-refractivity contribution in [2.24, 2.45) is 0 Å². The van der Waals surface area contributed by atoms with Crippen LogP contribution in [0.15, 0.2) is 29.3 Å². The van der Waals surface area contributed by atoms with E-state index in [9.17, 15) is 13.0 Å². The van der Waals surface area contributed by atoms with Gasteiger partial charge in [0.05, 0.1) is 19.3 Å². The topological polar surface area (TPSA) is 88.5 Å². The fourth-order valence-corrected chi connectivity index (χ4v) is 3.14. The lowest BCUT2D eigenvalue weighted by Crippen LogP contribution is -2.06. The van der Waals surface area contributed by atoms with E-state index in [1.54, 1.807) is 12.3 Å². The van der Waals surface area contributed by atoms with E-state index in [1.807, 2.05) is 0 Å². The largest absolute Gasteiger partial charge is 0.497 e. The smallest absolute Gasteiger partial charge is 0.296 e. The lowest BCUT2D eigenvalue weighted by molar-refractivity contribution is 0.412. The summed E-state index contributed by atoms with van der Waals surface area (Å²) in [5, 5.41) is 2.92. The highest BCUT2D eigenvalue weighted by atomic mass is 35.5. The number of methoxy groups -OCH3 is 1. The third kappa shape index (κ3) is 3.60. The molecule has 2 rings (SSSR count). The van der Waals surface area contributed by atoms with Gasteiger partial charge in [0.15, 0.2) is 4.47 Å². The third-order valence-electron chi connectivity index (χ3n) is 2.45. The Bertz CT molecular complexity index is 715. The van der Waals surface area contributed by atoms with Crippen LogP contribution in [0.1, 0.15) is 4.88 Å². The predicted molar refractivity (Wildman–Crippen MR) is 77.3 cm³/mol. The van der Waals surface area contributed by atoms with Gasteiger partial charge in [0.2, 0.25) is 0 Å². The molecule has 0 aliphatic rings. The molecule has 0 amide bonds. The Kier molecular flexibility index (Phi) is 4.48. The summed E-state index contributed by atoms with van der Waals surface area (Å²) >= 11 is 7.00. The van der Waals surface area contributed by atoms with Gasteiger partial charge in [0, 0.05) is 17.1 Å². The first-order valence-corrected chi connectivity index (χ1v) is 8.03. The van der Waals surface area contributed by atoms with E-state index in [0.717, 1.165) is 4.88 Å². The summed E-state index contributed by atoms with van der Waals surface area (Å²) in [4.78, 5) is 4.48. The van der Waals surface area contributed by atoms with Gasteiger partial charge in [-0.3, -0.25) is 4.55 Å². The van der Waals surface area contributed by atoms with Crippen LogP contribution >= 0.6 is 22.9 Å². The minimum atomic E-state index is -4.35. The van der Waals surface area contributed by atoms with E-state index in [-0.39, 0.29) is 10.6 Å². The zero-order valence-electron chi connectivity index (χ0n) is 10.3. The zero-order valence-corrected chi connectivity index (χ0v) is 12.7. The molecule has 0 aliphatic carbocycles. The first-order chi connectivity index (χ1) is 9.40. The van der Waals surface area contributed by atoms with Gasteiger partial charge in [-0.15, -0.1) is 11.3 Å². The Morgan fingerprint density at radius 2 is 2.25 bits per heavy atom. The SMILES string of the molecule is COc1ccc(NCc2cnc(Cl)s2)c(S(=O)(=O)O)c1. The summed E-state index contributed by atoms with van der Waals surface area (Å²) in [5.74, 6) is 0.337. The summed E-state index contributed by atoms with van der Waals surface area (Å²) in [7, 11) is -2.93. The Hall–Kier alpha value is -1.35. The number of hydrogen-bond acceptors (Lipinski definition) is 6. The van der Waals surface area contributed by atoms with E-state index < -0.39 is 10.1 Å². The number of hydrogen-bond donors (Lipinski definition) is 2. The maximum absolute atomic E-state index is 11.4. The molecule has 0 saturated carbocycles. The van der Waals surface area contributed by atoms with Crippen molar-refractivity contribution in [1.82, 2.24) is 4.98 Å². The van der Waals surface area contributed by atoms with Crippen LogP contribution in [-0.2, 0) is 16.7 Å². The van der Waals surface area contributed by atoms with E-state index in [0.29, 0.717) is 16.8 Å². The molecule has 2 aromatic rings. The molecule has 0 aliphatic heterocycles. The fraction of sp³-hybridized carbons (Fsp3) is 0.182. The number of thiazole rings is 1. The van der Waals surface area contributed by atoms with Gasteiger partial charge in [-0.2, -0.15) is 8.42 Å². The van der Waals surface area contributed by atoms with E-state index in [2.05, 4.69) is 10.3 Å². The molecule has 0 unspecified atom stereocenters. The zero-order chi connectivity index (χ0) is 14.8. The van der Waals surface area contributed by atoms with Crippen LogP contribution in [0.3, 0.4) is 0 Å². The van der Waals surface area contributed by atoms with Gasteiger partial charge in [-0.25, -0.2) is 4.98 Å². The lowest BCUT2D eigenvalue weighted by atomic mass is 10.3. The number of rotatable bonds is 5. The van der Waals surface area contributed by atoms with Gasteiger partial charge in [0.1, 0.15) is 10.6 Å². The van der Waals surface area contributed by atoms with Crippen LogP contribution in [0.4, 0.5) is 5.69 Å².